The fraction of sp³-hybridized carbons (Fsp3) is 0.391. The highest BCUT2D eigenvalue weighted by Gasteiger charge is 2.26. The maximum atomic E-state index is 11.6. The first-order chi connectivity index (χ1) is 14.6. The Bertz CT molecular complexity index is 966. The summed E-state index contributed by atoms with van der Waals surface area (Å²) in [5.74, 6) is 0.428. The molecule has 1 unspecified atom stereocenters. The van der Waals surface area contributed by atoms with Gasteiger partial charge in [-0.05, 0) is 49.7 Å². The molecule has 0 aliphatic carbocycles. The number of piperidine rings is 1. The molecule has 1 aliphatic rings. The molecular formula is C23H27N3O2S2. The molecule has 158 valence electrons. The van der Waals surface area contributed by atoms with Gasteiger partial charge in [0.05, 0.1) is 22.1 Å². The van der Waals surface area contributed by atoms with E-state index in [4.69, 9.17) is 9.72 Å². The average Bonchev–Trinajstić information content (AvgIpc) is 3.21. The largest absolute Gasteiger partial charge is 0.363 e. The second-order valence-corrected chi connectivity index (χ2v) is 9.68. The number of para-hydroxylation sites is 1. The first-order valence-corrected chi connectivity index (χ1v) is 12.1. The quantitative estimate of drug-likeness (QED) is 0.553. The number of nitrogens with zero attached hydrogens (tertiary/aromatic N) is 2. The molecular weight excluding hydrogens is 414 g/mol. The summed E-state index contributed by atoms with van der Waals surface area (Å²) in [5, 5.41) is 3.66. The lowest BCUT2D eigenvalue weighted by Crippen LogP contribution is -2.35. The van der Waals surface area contributed by atoms with Gasteiger partial charge in [-0.15, -0.1) is 23.1 Å². The molecule has 4 rings (SSSR count). The van der Waals surface area contributed by atoms with Crippen molar-refractivity contribution in [3.05, 3.63) is 59.1 Å². The Morgan fingerprint density at radius 3 is 2.83 bits per heavy atom. The van der Waals surface area contributed by atoms with Crippen molar-refractivity contribution < 1.29 is 9.53 Å². The van der Waals surface area contributed by atoms with Crippen LogP contribution in [0.25, 0.3) is 10.2 Å². The van der Waals surface area contributed by atoms with E-state index < -0.39 is 0 Å². The number of carbonyl (C=O) groups excluding carboxylic acids is 1. The maximum absolute atomic E-state index is 11.6. The van der Waals surface area contributed by atoms with E-state index in [1.54, 1.807) is 18.4 Å². The average molecular weight is 442 g/mol. The lowest BCUT2D eigenvalue weighted by molar-refractivity contribution is -0.118. The number of likely N-dealkylation sites (tertiary alicyclic amines) is 1. The van der Waals surface area contributed by atoms with Crippen molar-refractivity contribution in [1.82, 2.24) is 15.2 Å². The molecule has 0 saturated carbocycles. The molecule has 1 saturated heterocycles. The summed E-state index contributed by atoms with van der Waals surface area (Å²) in [6, 6.07) is 16.6. The lowest BCUT2D eigenvalue weighted by Gasteiger charge is -2.31. The van der Waals surface area contributed by atoms with Gasteiger partial charge in [-0.3, -0.25) is 4.79 Å². The van der Waals surface area contributed by atoms with E-state index in [9.17, 15) is 4.79 Å². The number of hydrogen-bond donors (Lipinski definition) is 1. The Kier molecular flexibility index (Phi) is 7.04. The molecule has 1 aromatic heterocycles. The molecule has 1 fully saturated rings. The Hall–Kier alpha value is -1.93. The third-order valence-corrected chi connectivity index (χ3v) is 7.41. The summed E-state index contributed by atoms with van der Waals surface area (Å²) in [6.07, 6.45) is 2.09. The van der Waals surface area contributed by atoms with E-state index >= 15 is 0 Å². The Morgan fingerprint density at radius 1 is 1.27 bits per heavy atom. The van der Waals surface area contributed by atoms with Gasteiger partial charge in [-0.2, -0.15) is 0 Å². The summed E-state index contributed by atoms with van der Waals surface area (Å²) in [6.45, 7) is 2.11. The van der Waals surface area contributed by atoms with Crippen molar-refractivity contribution in [3.63, 3.8) is 0 Å². The van der Waals surface area contributed by atoms with Crippen LogP contribution in [0.2, 0.25) is 0 Å². The van der Waals surface area contributed by atoms with Gasteiger partial charge in [0, 0.05) is 25.0 Å². The van der Waals surface area contributed by atoms with Crippen molar-refractivity contribution in [2.45, 2.75) is 29.9 Å². The standard InChI is InChI=1S/C23H27N3O2S2/c1-24-21(27)15-29-18-7-5-6-16(14-18)22(28-17-10-12-26(2)13-11-17)23-25-19-8-3-4-9-20(19)30-23/h3-9,14,17,22H,10-13,15H2,1-2H3,(H,24,27). The van der Waals surface area contributed by atoms with Gasteiger partial charge in [-0.1, -0.05) is 24.3 Å². The summed E-state index contributed by atoms with van der Waals surface area (Å²) in [7, 11) is 3.83. The second kappa shape index (κ2) is 9.92. The molecule has 0 radical (unpaired) electrons. The SMILES string of the molecule is CNC(=O)CSc1cccc(C(OC2CCN(C)CC2)c2nc3ccccc3s2)c1. The topological polar surface area (TPSA) is 54.5 Å². The van der Waals surface area contributed by atoms with Crippen molar-refractivity contribution in [3.8, 4) is 0 Å². The predicted molar refractivity (Wildman–Crippen MR) is 124 cm³/mol. The normalized spacial score (nSPS) is 16.6. The summed E-state index contributed by atoms with van der Waals surface area (Å²) in [4.78, 5) is 20.0. The van der Waals surface area contributed by atoms with Crippen LogP contribution in [0, 0.1) is 0 Å². The van der Waals surface area contributed by atoms with Gasteiger partial charge in [0.15, 0.2) is 0 Å². The minimum absolute atomic E-state index is 0.0238. The van der Waals surface area contributed by atoms with Crippen LogP contribution in [-0.4, -0.2) is 54.8 Å². The van der Waals surface area contributed by atoms with Crippen molar-refractivity contribution >= 4 is 39.2 Å². The number of thiazole rings is 1. The molecule has 1 N–H and O–H groups in total. The van der Waals surface area contributed by atoms with Crippen LogP contribution in [0.1, 0.15) is 29.5 Å². The number of fused-ring (bicyclic) bond motifs is 1. The van der Waals surface area contributed by atoms with Crippen LogP contribution in [0.5, 0.6) is 0 Å². The predicted octanol–water partition coefficient (Wildman–Crippen LogP) is 4.33. The third kappa shape index (κ3) is 5.21. The highest BCUT2D eigenvalue weighted by atomic mass is 32.2. The van der Waals surface area contributed by atoms with E-state index in [2.05, 4.69) is 41.5 Å². The molecule has 0 bridgehead atoms. The number of carbonyl (C=O) groups is 1. The molecule has 0 spiro atoms. The Balaban J connectivity index is 1.62. The molecule has 1 aliphatic heterocycles. The van der Waals surface area contributed by atoms with E-state index in [0.717, 1.165) is 46.9 Å². The summed E-state index contributed by atoms with van der Waals surface area (Å²) >= 11 is 3.24. The molecule has 1 atom stereocenters. The van der Waals surface area contributed by atoms with Crippen molar-refractivity contribution in [1.29, 1.82) is 0 Å². The zero-order chi connectivity index (χ0) is 20.9. The van der Waals surface area contributed by atoms with Gasteiger partial charge >= 0.3 is 0 Å². The summed E-state index contributed by atoms with van der Waals surface area (Å²) in [5.41, 5.74) is 2.11. The highest BCUT2D eigenvalue weighted by Crippen LogP contribution is 2.36. The van der Waals surface area contributed by atoms with Gasteiger partial charge in [0.2, 0.25) is 5.91 Å². The van der Waals surface area contributed by atoms with Crippen LogP contribution >= 0.6 is 23.1 Å². The molecule has 1 amide bonds. The molecule has 2 aromatic carbocycles. The molecule has 2 heterocycles. The van der Waals surface area contributed by atoms with Crippen molar-refractivity contribution in [2.24, 2.45) is 0 Å². The number of aromatic nitrogens is 1. The van der Waals surface area contributed by atoms with Crippen molar-refractivity contribution in [2.75, 3.05) is 32.9 Å². The number of benzene rings is 2. The second-order valence-electron chi connectivity index (χ2n) is 7.57. The maximum Gasteiger partial charge on any atom is 0.230 e. The third-order valence-electron chi connectivity index (χ3n) is 5.34. The van der Waals surface area contributed by atoms with Gasteiger partial charge in [0.25, 0.3) is 0 Å². The summed E-state index contributed by atoms with van der Waals surface area (Å²) < 4.78 is 7.85. The van der Waals surface area contributed by atoms with Gasteiger partial charge in [0.1, 0.15) is 11.1 Å². The number of rotatable bonds is 7. The molecule has 3 aromatic rings. The fourth-order valence-electron chi connectivity index (χ4n) is 3.58. The zero-order valence-corrected chi connectivity index (χ0v) is 19.0. The van der Waals surface area contributed by atoms with Crippen LogP contribution in [0.3, 0.4) is 0 Å². The smallest absolute Gasteiger partial charge is 0.230 e. The Labute approximate surface area is 185 Å². The first-order valence-electron chi connectivity index (χ1n) is 10.2. The van der Waals surface area contributed by atoms with E-state index in [0.29, 0.717) is 5.75 Å². The highest BCUT2D eigenvalue weighted by molar-refractivity contribution is 8.00. The number of thioether (sulfide) groups is 1. The first kappa shape index (κ1) is 21.3. The molecule has 7 heteroatoms. The van der Waals surface area contributed by atoms with E-state index in [1.165, 1.54) is 16.5 Å². The monoisotopic (exact) mass is 441 g/mol. The van der Waals surface area contributed by atoms with E-state index in [-0.39, 0.29) is 18.1 Å². The lowest BCUT2D eigenvalue weighted by atomic mass is 10.1. The minimum Gasteiger partial charge on any atom is -0.363 e. The Morgan fingerprint density at radius 2 is 2.07 bits per heavy atom. The fourth-order valence-corrected chi connectivity index (χ4v) is 5.45. The van der Waals surface area contributed by atoms with Gasteiger partial charge in [-0.25, -0.2) is 4.98 Å². The minimum atomic E-state index is -0.198. The van der Waals surface area contributed by atoms with E-state index in [1.807, 2.05) is 24.3 Å². The number of nitrogens with one attached hydrogen (secondary N) is 1. The van der Waals surface area contributed by atoms with Crippen LogP contribution in [-0.2, 0) is 9.53 Å². The number of amides is 1. The number of ether oxygens (including phenoxy) is 1. The number of hydrogen-bond acceptors (Lipinski definition) is 6. The van der Waals surface area contributed by atoms with Crippen LogP contribution in [0.15, 0.2) is 53.4 Å². The van der Waals surface area contributed by atoms with Crippen LogP contribution < -0.4 is 5.32 Å². The van der Waals surface area contributed by atoms with Crippen LogP contribution in [0.4, 0.5) is 0 Å². The molecule has 30 heavy (non-hydrogen) atoms. The van der Waals surface area contributed by atoms with Gasteiger partial charge < -0.3 is 15.0 Å². The molecule has 5 nitrogen and oxygen atoms in total. The zero-order valence-electron chi connectivity index (χ0n) is 17.3.